The van der Waals surface area contributed by atoms with Crippen LogP contribution >= 0.6 is 0 Å². The first-order valence-corrected chi connectivity index (χ1v) is 9.04. The predicted octanol–water partition coefficient (Wildman–Crippen LogP) is 3.34. The van der Waals surface area contributed by atoms with Crippen LogP contribution in [0.5, 0.6) is 0 Å². The quantitative estimate of drug-likeness (QED) is 0.556. The van der Waals surface area contributed by atoms with Crippen LogP contribution in [0.4, 0.5) is 0 Å². The molecule has 1 fully saturated rings. The lowest BCUT2D eigenvalue weighted by Gasteiger charge is -2.15. The van der Waals surface area contributed by atoms with E-state index in [2.05, 4.69) is 56.2 Å². The molecule has 0 N–H and O–H groups in total. The van der Waals surface area contributed by atoms with E-state index in [0.717, 1.165) is 37.6 Å². The van der Waals surface area contributed by atoms with Crippen LogP contribution in [0.2, 0.25) is 0 Å². The van der Waals surface area contributed by atoms with Crippen molar-refractivity contribution in [3.63, 3.8) is 0 Å². The highest BCUT2D eigenvalue weighted by Crippen LogP contribution is 2.25. The molecular formula is C20H21N5O. The highest BCUT2D eigenvalue weighted by Gasteiger charge is 2.23. The van der Waals surface area contributed by atoms with E-state index in [-0.39, 0.29) is 0 Å². The van der Waals surface area contributed by atoms with E-state index >= 15 is 0 Å². The van der Waals surface area contributed by atoms with Crippen LogP contribution < -0.4 is 0 Å². The van der Waals surface area contributed by atoms with Gasteiger partial charge in [-0.2, -0.15) is 0 Å². The fourth-order valence-electron chi connectivity index (χ4n) is 3.93. The van der Waals surface area contributed by atoms with E-state index in [1.807, 2.05) is 10.6 Å². The van der Waals surface area contributed by atoms with E-state index in [4.69, 9.17) is 4.42 Å². The first-order valence-electron chi connectivity index (χ1n) is 9.04. The first-order chi connectivity index (χ1) is 12.8. The maximum absolute atomic E-state index is 5.48. The second-order valence-corrected chi connectivity index (χ2v) is 7.05. The molecule has 1 aliphatic rings. The standard InChI is InChI=1S/C20H21N5O/c1-2-19(26-9-1)13-23-7-5-16(11-23)12-24-8-6-17-3-4-18(10-20(17)24)25-14-21-22-15-25/h1-4,6,8-10,14-16H,5,7,11-13H2. The Hall–Kier alpha value is -2.86. The largest absolute Gasteiger partial charge is 0.468 e. The Morgan fingerprint density at radius 3 is 2.88 bits per heavy atom. The van der Waals surface area contributed by atoms with Gasteiger partial charge in [0.25, 0.3) is 0 Å². The predicted molar refractivity (Wildman–Crippen MR) is 98.9 cm³/mol. The number of likely N-dealkylation sites (tertiary alicyclic amines) is 1. The molecule has 4 aromatic rings. The molecule has 0 bridgehead atoms. The number of hydrogen-bond donors (Lipinski definition) is 0. The number of furan rings is 1. The molecule has 26 heavy (non-hydrogen) atoms. The maximum atomic E-state index is 5.48. The second kappa shape index (κ2) is 6.46. The van der Waals surface area contributed by atoms with Crippen LogP contribution in [0.25, 0.3) is 16.6 Å². The summed E-state index contributed by atoms with van der Waals surface area (Å²) in [7, 11) is 0. The number of benzene rings is 1. The lowest BCUT2D eigenvalue weighted by atomic mass is 10.1. The fourth-order valence-corrected chi connectivity index (χ4v) is 3.93. The summed E-state index contributed by atoms with van der Waals surface area (Å²) in [4.78, 5) is 2.48. The fraction of sp³-hybridized carbons (Fsp3) is 0.300. The molecule has 1 aliphatic heterocycles. The van der Waals surface area contributed by atoms with Gasteiger partial charge < -0.3 is 8.98 Å². The third kappa shape index (κ3) is 2.93. The summed E-state index contributed by atoms with van der Waals surface area (Å²) < 4.78 is 9.80. The molecule has 132 valence electrons. The van der Waals surface area contributed by atoms with Crippen LogP contribution in [0.3, 0.4) is 0 Å². The van der Waals surface area contributed by atoms with Crippen molar-refractivity contribution in [3.8, 4) is 5.69 Å². The normalized spacial score (nSPS) is 18.1. The average Bonchev–Trinajstić information content (AvgIpc) is 3.44. The Labute approximate surface area is 151 Å². The molecule has 1 aromatic carbocycles. The van der Waals surface area contributed by atoms with Gasteiger partial charge in [0.05, 0.1) is 24.0 Å². The van der Waals surface area contributed by atoms with Gasteiger partial charge in [-0.3, -0.25) is 9.47 Å². The lowest BCUT2D eigenvalue weighted by molar-refractivity contribution is 0.282. The van der Waals surface area contributed by atoms with Crippen molar-refractivity contribution in [1.82, 2.24) is 24.2 Å². The van der Waals surface area contributed by atoms with E-state index in [1.54, 1.807) is 18.9 Å². The molecule has 0 saturated carbocycles. The Balaban J connectivity index is 1.32. The van der Waals surface area contributed by atoms with Gasteiger partial charge in [0.15, 0.2) is 0 Å². The summed E-state index contributed by atoms with van der Waals surface area (Å²) in [5.41, 5.74) is 2.36. The Bertz CT molecular complexity index is 987. The van der Waals surface area contributed by atoms with Gasteiger partial charge in [0.2, 0.25) is 0 Å². The van der Waals surface area contributed by atoms with Gasteiger partial charge in [-0.1, -0.05) is 6.07 Å². The molecule has 1 unspecified atom stereocenters. The maximum Gasteiger partial charge on any atom is 0.123 e. The first kappa shape index (κ1) is 15.4. The van der Waals surface area contributed by atoms with Crippen molar-refractivity contribution in [2.75, 3.05) is 13.1 Å². The Kier molecular flexibility index (Phi) is 3.83. The van der Waals surface area contributed by atoms with Crippen LogP contribution in [-0.4, -0.2) is 37.3 Å². The number of fused-ring (bicyclic) bond motifs is 1. The average molecular weight is 347 g/mol. The Morgan fingerprint density at radius 1 is 1.12 bits per heavy atom. The second-order valence-electron chi connectivity index (χ2n) is 7.05. The topological polar surface area (TPSA) is 52.0 Å². The third-order valence-electron chi connectivity index (χ3n) is 5.26. The van der Waals surface area contributed by atoms with Crippen molar-refractivity contribution in [1.29, 1.82) is 0 Å². The highest BCUT2D eigenvalue weighted by atomic mass is 16.3. The van der Waals surface area contributed by atoms with E-state index in [0.29, 0.717) is 5.92 Å². The van der Waals surface area contributed by atoms with E-state index in [1.165, 1.54) is 17.3 Å². The van der Waals surface area contributed by atoms with Crippen LogP contribution in [0.15, 0.2) is 65.9 Å². The van der Waals surface area contributed by atoms with Crippen molar-refractivity contribution in [3.05, 3.63) is 67.3 Å². The van der Waals surface area contributed by atoms with Gasteiger partial charge in [-0.25, -0.2) is 0 Å². The van der Waals surface area contributed by atoms with Gasteiger partial charge in [0, 0.05) is 19.3 Å². The molecule has 0 spiro atoms. The number of nitrogens with zero attached hydrogens (tertiary/aromatic N) is 5. The minimum Gasteiger partial charge on any atom is -0.468 e. The SMILES string of the molecule is c1coc(CN2CCC(Cn3ccc4ccc(-n5cnnc5)cc43)C2)c1. The molecule has 3 aromatic heterocycles. The lowest BCUT2D eigenvalue weighted by Crippen LogP contribution is -2.21. The van der Waals surface area contributed by atoms with Gasteiger partial charge in [0.1, 0.15) is 18.4 Å². The molecule has 0 aliphatic carbocycles. The van der Waals surface area contributed by atoms with Crippen molar-refractivity contribution in [2.24, 2.45) is 5.92 Å². The molecule has 6 heteroatoms. The highest BCUT2D eigenvalue weighted by molar-refractivity contribution is 5.82. The Morgan fingerprint density at radius 2 is 2.04 bits per heavy atom. The summed E-state index contributed by atoms with van der Waals surface area (Å²) in [5, 5.41) is 9.08. The van der Waals surface area contributed by atoms with Gasteiger partial charge in [-0.05, 0) is 54.6 Å². The smallest absolute Gasteiger partial charge is 0.123 e. The number of rotatable bonds is 5. The van der Waals surface area contributed by atoms with Crippen LogP contribution in [-0.2, 0) is 13.1 Å². The summed E-state index contributed by atoms with van der Waals surface area (Å²) >= 11 is 0. The molecule has 0 amide bonds. The zero-order chi connectivity index (χ0) is 17.3. The zero-order valence-corrected chi connectivity index (χ0v) is 14.5. The molecule has 5 rings (SSSR count). The third-order valence-corrected chi connectivity index (χ3v) is 5.26. The van der Waals surface area contributed by atoms with Crippen molar-refractivity contribution < 1.29 is 4.42 Å². The van der Waals surface area contributed by atoms with Gasteiger partial charge in [-0.15, -0.1) is 10.2 Å². The van der Waals surface area contributed by atoms with E-state index < -0.39 is 0 Å². The van der Waals surface area contributed by atoms with Gasteiger partial charge >= 0.3 is 0 Å². The molecule has 1 atom stereocenters. The number of aromatic nitrogens is 4. The van der Waals surface area contributed by atoms with E-state index in [9.17, 15) is 0 Å². The van der Waals surface area contributed by atoms with Crippen LogP contribution in [0.1, 0.15) is 12.2 Å². The molecule has 1 saturated heterocycles. The summed E-state index contributed by atoms with van der Waals surface area (Å²) in [6.07, 6.45) is 8.65. The summed E-state index contributed by atoms with van der Waals surface area (Å²) in [6.45, 7) is 4.21. The zero-order valence-electron chi connectivity index (χ0n) is 14.5. The molecule has 4 heterocycles. The summed E-state index contributed by atoms with van der Waals surface area (Å²) in [5.74, 6) is 1.72. The minimum absolute atomic E-state index is 0.666. The monoisotopic (exact) mass is 347 g/mol. The molecule has 6 nitrogen and oxygen atoms in total. The van der Waals surface area contributed by atoms with Crippen LogP contribution in [0, 0.1) is 5.92 Å². The summed E-state index contributed by atoms with van der Waals surface area (Å²) in [6, 6.07) is 12.7. The van der Waals surface area contributed by atoms with Crippen molar-refractivity contribution >= 4 is 10.9 Å². The van der Waals surface area contributed by atoms with Crippen molar-refractivity contribution in [2.45, 2.75) is 19.5 Å². The molecular weight excluding hydrogens is 326 g/mol. The molecule has 0 radical (unpaired) electrons. The minimum atomic E-state index is 0.666. The number of hydrogen-bond acceptors (Lipinski definition) is 4.